The highest BCUT2D eigenvalue weighted by Gasteiger charge is 2.38. The molecular formula is C15H18F3N7O. The van der Waals surface area contributed by atoms with E-state index in [0.29, 0.717) is 38.0 Å². The van der Waals surface area contributed by atoms with Gasteiger partial charge in [0.25, 0.3) is 0 Å². The minimum Gasteiger partial charge on any atom is -0.381 e. The van der Waals surface area contributed by atoms with Crippen molar-refractivity contribution in [2.75, 3.05) is 18.5 Å². The van der Waals surface area contributed by atoms with Gasteiger partial charge >= 0.3 is 6.18 Å². The number of anilines is 1. The van der Waals surface area contributed by atoms with Crippen LogP contribution >= 0.6 is 0 Å². The molecule has 3 rings (SSSR count). The van der Waals surface area contributed by atoms with Gasteiger partial charge in [-0.05, 0) is 25.3 Å². The molecule has 0 spiro atoms. The molecule has 0 aromatic carbocycles. The van der Waals surface area contributed by atoms with E-state index < -0.39 is 18.4 Å². The molecule has 0 aliphatic carbocycles. The predicted octanol–water partition coefficient (Wildman–Crippen LogP) is 3.87. The van der Waals surface area contributed by atoms with E-state index in [4.69, 9.17) is 10.3 Å². The fourth-order valence-corrected chi connectivity index (χ4v) is 3.06. The van der Waals surface area contributed by atoms with Crippen LogP contribution in [0.1, 0.15) is 31.0 Å². The number of ether oxygens (including phenoxy) is 1. The van der Waals surface area contributed by atoms with Crippen LogP contribution in [0.4, 0.5) is 18.9 Å². The molecule has 8 nitrogen and oxygen atoms in total. The predicted molar refractivity (Wildman–Crippen MR) is 88.5 cm³/mol. The lowest BCUT2D eigenvalue weighted by Gasteiger charge is -2.26. The highest BCUT2D eigenvalue weighted by atomic mass is 19.4. The second-order valence-electron chi connectivity index (χ2n) is 5.93. The number of azide groups is 1. The number of halogens is 3. The van der Waals surface area contributed by atoms with E-state index in [2.05, 4.69) is 25.4 Å². The number of alkyl halides is 3. The van der Waals surface area contributed by atoms with Crippen LogP contribution in [0.5, 0.6) is 0 Å². The smallest absolute Gasteiger partial charge is 0.381 e. The first-order valence-corrected chi connectivity index (χ1v) is 8.26. The fraction of sp³-hybridized carbons (Fsp3) is 0.600. The Balaban J connectivity index is 2.21. The number of hydrogen-bond acceptors (Lipinski definition) is 5. The van der Waals surface area contributed by atoms with Crippen molar-refractivity contribution in [2.24, 2.45) is 5.11 Å². The van der Waals surface area contributed by atoms with E-state index in [1.807, 2.05) is 0 Å². The number of aryl methyl sites for hydroxylation is 1. The van der Waals surface area contributed by atoms with E-state index in [0.717, 1.165) is 0 Å². The summed E-state index contributed by atoms with van der Waals surface area (Å²) in [4.78, 5) is 6.42. The van der Waals surface area contributed by atoms with Crippen molar-refractivity contribution in [3.05, 3.63) is 27.9 Å². The molecule has 1 saturated heterocycles. The lowest BCUT2D eigenvalue weighted by Crippen LogP contribution is -2.29. The van der Waals surface area contributed by atoms with Crippen LogP contribution < -0.4 is 5.32 Å². The molecule has 26 heavy (non-hydrogen) atoms. The topological polar surface area (TPSA) is 101 Å². The number of hydrogen-bond donors (Lipinski definition) is 1. The summed E-state index contributed by atoms with van der Waals surface area (Å²) in [6.45, 7) is 2.80. The molecule has 140 valence electrons. The third kappa shape index (κ3) is 3.54. The summed E-state index contributed by atoms with van der Waals surface area (Å²) in [5.41, 5.74) is 7.81. The van der Waals surface area contributed by atoms with E-state index in [9.17, 15) is 13.2 Å². The minimum absolute atomic E-state index is 0.0368. The van der Waals surface area contributed by atoms with Crippen molar-refractivity contribution >= 4 is 16.7 Å². The van der Waals surface area contributed by atoms with Crippen LogP contribution in [0.15, 0.2) is 11.3 Å². The number of aromatic nitrogens is 3. The highest BCUT2D eigenvalue weighted by Crippen LogP contribution is 2.38. The maximum atomic E-state index is 13.6. The molecule has 0 radical (unpaired) electrons. The highest BCUT2D eigenvalue weighted by molar-refractivity contribution is 5.91. The Hall–Kier alpha value is -2.52. The van der Waals surface area contributed by atoms with Gasteiger partial charge in [0.05, 0.1) is 23.8 Å². The van der Waals surface area contributed by atoms with Gasteiger partial charge in [-0.25, -0.2) is 9.67 Å². The Morgan fingerprint density at radius 2 is 2.15 bits per heavy atom. The third-order valence-corrected chi connectivity index (χ3v) is 4.32. The van der Waals surface area contributed by atoms with Crippen molar-refractivity contribution < 1.29 is 17.9 Å². The van der Waals surface area contributed by atoms with Gasteiger partial charge < -0.3 is 10.1 Å². The van der Waals surface area contributed by atoms with Crippen LogP contribution in [0, 0.1) is 0 Å². The monoisotopic (exact) mass is 369 g/mol. The van der Waals surface area contributed by atoms with Crippen molar-refractivity contribution in [3.8, 4) is 0 Å². The molecule has 11 heteroatoms. The normalized spacial score (nSPS) is 15.8. The SMILES string of the molecule is CCn1ncc2c(NC3CCOCC3)c(CN=[N+]=[N-])c(C(F)(F)F)nc21. The number of nitrogens with zero attached hydrogens (tertiary/aromatic N) is 6. The summed E-state index contributed by atoms with van der Waals surface area (Å²) in [7, 11) is 0. The van der Waals surface area contributed by atoms with Gasteiger partial charge in [0.1, 0.15) is 0 Å². The first-order valence-electron chi connectivity index (χ1n) is 8.26. The van der Waals surface area contributed by atoms with Crippen molar-refractivity contribution in [1.82, 2.24) is 14.8 Å². The number of nitrogens with one attached hydrogen (secondary N) is 1. The van der Waals surface area contributed by atoms with Gasteiger partial charge in [0.2, 0.25) is 0 Å². The average molecular weight is 369 g/mol. The van der Waals surface area contributed by atoms with Crippen molar-refractivity contribution in [2.45, 2.75) is 45.1 Å². The van der Waals surface area contributed by atoms with Gasteiger partial charge in [-0.1, -0.05) is 5.11 Å². The maximum Gasteiger partial charge on any atom is 0.433 e. The number of rotatable bonds is 5. The second kappa shape index (κ2) is 7.38. The summed E-state index contributed by atoms with van der Waals surface area (Å²) >= 11 is 0. The van der Waals surface area contributed by atoms with Gasteiger partial charge in [-0.15, -0.1) is 0 Å². The Bertz CT molecular complexity index is 836. The van der Waals surface area contributed by atoms with Gasteiger partial charge in [-0.2, -0.15) is 18.3 Å². The molecule has 0 unspecified atom stereocenters. The van der Waals surface area contributed by atoms with Crippen LogP contribution in [0.25, 0.3) is 21.5 Å². The molecule has 0 amide bonds. The number of pyridine rings is 1. The fourth-order valence-electron chi connectivity index (χ4n) is 3.06. The molecule has 3 heterocycles. The molecule has 1 aliphatic rings. The Kier molecular flexibility index (Phi) is 5.19. The van der Waals surface area contributed by atoms with E-state index in [1.54, 1.807) is 6.92 Å². The zero-order chi connectivity index (χ0) is 18.7. The lowest BCUT2D eigenvalue weighted by molar-refractivity contribution is -0.141. The summed E-state index contributed by atoms with van der Waals surface area (Å²) < 4.78 is 47.6. The largest absolute Gasteiger partial charge is 0.433 e. The maximum absolute atomic E-state index is 13.6. The Morgan fingerprint density at radius 1 is 1.42 bits per heavy atom. The van der Waals surface area contributed by atoms with Crippen molar-refractivity contribution in [3.63, 3.8) is 0 Å². The molecule has 1 fully saturated rings. The minimum atomic E-state index is -4.68. The third-order valence-electron chi connectivity index (χ3n) is 4.32. The van der Waals surface area contributed by atoms with Crippen molar-refractivity contribution in [1.29, 1.82) is 0 Å². The van der Waals surface area contributed by atoms with Gasteiger partial charge in [-0.3, -0.25) is 0 Å². The molecule has 1 aliphatic heterocycles. The van der Waals surface area contributed by atoms with Crippen LogP contribution in [-0.4, -0.2) is 34.0 Å². The molecule has 0 atom stereocenters. The molecule has 0 bridgehead atoms. The summed E-state index contributed by atoms with van der Waals surface area (Å²) in [5, 5.41) is 11.2. The first kappa shape index (κ1) is 18.3. The lowest BCUT2D eigenvalue weighted by atomic mass is 10.0. The summed E-state index contributed by atoms with van der Waals surface area (Å²) in [5.74, 6) is 0. The van der Waals surface area contributed by atoms with E-state index in [1.165, 1.54) is 10.9 Å². The first-order chi connectivity index (χ1) is 12.5. The zero-order valence-electron chi connectivity index (χ0n) is 14.1. The standard InChI is InChI=1S/C15H18F3N7O/c1-2-25-14-11(8-21-25)12(22-9-3-5-26-6-4-9)10(7-20-24-19)13(23-14)15(16,17)18/h8-9H,2-7H2,1H3,(H,22,23). The van der Waals surface area contributed by atoms with E-state index >= 15 is 0 Å². The van der Waals surface area contributed by atoms with E-state index in [-0.39, 0.29) is 22.9 Å². The average Bonchev–Trinajstić information content (AvgIpc) is 3.03. The van der Waals surface area contributed by atoms with Gasteiger partial charge in [0.15, 0.2) is 11.3 Å². The molecule has 1 N–H and O–H groups in total. The second-order valence-corrected chi connectivity index (χ2v) is 5.93. The summed E-state index contributed by atoms with van der Waals surface area (Å²) in [6.07, 6.45) is -1.83. The Labute approximate surface area is 147 Å². The Morgan fingerprint density at radius 3 is 2.77 bits per heavy atom. The van der Waals surface area contributed by atoms with Crippen LogP contribution in [-0.2, 0) is 24.0 Å². The number of fused-ring (bicyclic) bond motifs is 1. The quantitative estimate of drug-likeness (QED) is 0.491. The van der Waals surface area contributed by atoms with Crippen LogP contribution in [0.3, 0.4) is 0 Å². The van der Waals surface area contributed by atoms with Gasteiger partial charge in [0, 0.05) is 36.3 Å². The molecular weight excluding hydrogens is 351 g/mol. The molecule has 2 aromatic rings. The molecule has 2 aromatic heterocycles. The molecule has 0 saturated carbocycles. The summed E-state index contributed by atoms with van der Waals surface area (Å²) in [6, 6.07) is -0.0368. The van der Waals surface area contributed by atoms with Crippen LogP contribution in [0.2, 0.25) is 0 Å². The zero-order valence-corrected chi connectivity index (χ0v) is 14.1.